The summed E-state index contributed by atoms with van der Waals surface area (Å²) in [4.78, 5) is 14.7. The third-order valence-electron chi connectivity index (χ3n) is 4.24. The van der Waals surface area contributed by atoms with Crippen molar-refractivity contribution in [3.8, 4) is 0 Å². The Hall–Kier alpha value is -1.46. The smallest absolute Gasteiger partial charge is 0.330 e. The number of nitrogens with one attached hydrogen (secondary N) is 1. The van der Waals surface area contributed by atoms with E-state index in [1.54, 1.807) is 12.1 Å². The van der Waals surface area contributed by atoms with Gasteiger partial charge in [-0.05, 0) is 37.1 Å². The van der Waals surface area contributed by atoms with Crippen LogP contribution in [-0.2, 0) is 15.1 Å². The highest BCUT2D eigenvalue weighted by Crippen LogP contribution is 2.34. The number of hydrogen-bond donors (Lipinski definition) is 1. The molecule has 2 rings (SSSR count). The first-order valence-electron chi connectivity index (χ1n) is 7.45. The summed E-state index contributed by atoms with van der Waals surface area (Å²) in [5, 5.41) is 3.34. The van der Waals surface area contributed by atoms with E-state index in [1.807, 2.05) is 6.92 Å². The van der Waals surface area contributed by atoms with Crippen LogP contribution in [0.4, 0.5) is 4.39 Å². The Bertz CT molecular complexity index is 470. The zero-order chi connectivity index (χ0) is 15.3. The van der Waals surface area contributed by atoms with E-state index in [1.165, 1.54) is 19.2 Å². The molecule has 1 aliphatic rings. The van der Waals surface area contributed by atoms with Crippen LogP contribution in [0.25, 0.3) is 0 Å². The van der Waals surface area contributed by atoms with Gasteiger partial charge in [0.2, 0.25) is 0 Å². The van der Waals surface area contributed by atoms with Crippen LogP contribution >= 0.6 is 0 Å². The van der Waals surface area contributed by atoms with E-state index in [-0.39, 0.29) is 11.8 Å². The quantitative estimate of drug-likeness (QED) is 0.861. The second-order valence-corrected chi connectivity index (χ2v) is 5.30. The average Bonchev–Trinajstić information content (AvgIpc) is 2.79. The van der Waals surface area contributed by atoms with Crippen LogP contribution in [-0.4, -0.2) is 44.2 Å². The molecule has 0 amide bonds. The van der Waals surface area contributed by atoms with Crippen LogP contribution in [0.15, 0.2) is 24.3 Å². The molecule has 1 unspecified atom stereocenters. The highest BCUT2D eigenvalue weighted by molar-refractivity contribution is 5.82. The van der Waals surface area contributed by atoms with E-state index in [9.17, 15) is 9.18 Å². The Kier molecular flexibility index (Phi) is 5.31. The molecule has 1 fully saturated rings. The Morgan fingerprint density at radius 2 is 2.05 bits per heavy atom. The van der Waals surface area contributed by atoms with Crippen molar-refractivity contribution in [2.75, 3.05) is 33.3 Å². The zero-order valence-corrected chi connectivity index (χ0v) is 12.7. The third kappa shape index (κ3) is 3.09. The van der Waals surface area contributed by atoms with Gasteiger partial charge in [-0.15, -0.1) is 0 Å². The molecule has 0 radical (unpaired) electrons. The second kappa shape index (κ2) is 7.00. The molecule has 5 heteroatoms. The minimum absolute atomic E-state index is 0.279. The van der Waals surface area contributed by atoms with Gasteiger partial charge in [0.1, 0.15) is 11.4 Å². The number of nitrogens with zero attached hydrogens (tertiary/aromatic N) is 1. The third-order valence-corrected chi connectivity index (χ3v) is 4.24. The Labute approximate surface area is 125 Å². The second-order valence-electron chi connectivity index (χ2n) is 5.30. The van der Waals surface area contributed by atoms with E-state index in [4.69, 9.17) is 4.74 Å². The molecular formula is C16H23FN2O2. The lowest BCUT2D eigenvalue weighted by molar-refractivity contribution is -0.157. The lowest BCUT2D eigenvalue weighted by Crippen LogP contribution is -2.53. The van der Waals surface area contributed by atoms with Crippen molar-refractivity contribution in [2.45, 2.75) is 25.3 Å². The van der Waals surface area contributed by atoms with Crippen LogP contribution in [0.5, 0.6) is 0 Å². The summed E-state index contributed by atoms with van der Waals surface area (Å²) in [5.74, 6) is -0.579. The van der Waals surface area contributed by atoms with Crippen LogP contribution in [0, 0.1) is 5.82 Å². The standard InChI is InChI=1S/C16H23FN2O2/c1-3-16(15(20)21-2,13-5-7-14(17)8-6-13)19-11-4-9-18-10-12-19/h5-8,18H,3-4,9-12H2,1-2H3. The number of ether oxygens (including phenoxy) is 1. The normalized spacial score (nSPS) is 19.6. The minimum atomic E-state index is -0.839. The molecule has 1 heterocycles. The Balaban J connectivity index is 2.46. The van der Waals surface area contributed by atoms with Crippen LogP contribution in [0.1, 0.15) is 25.3 Å². The number of methoxy groups -OCH3 is 1. The maximum Gasteiger partial charge on any atom is 0.330 e. The van der Waals surface area contributed by atoms with Gasteiger partial charge in [0.25, 0.3) is 0 Å². The van der Waals surface area contributed by atoms with Gasteiger partial charge in [-0.1, -0.05) is 19.1 Å². The molecule has 0 bridgehead atoms. The molecular weight excluding hydrogens is 271 g/mol. The molecule has 4 nitrogen and oxygen atoms in total. The predicted molar refractivity (Wildman–Crippen MR) is 79.4 cm³/mol. The van der Waals surface area contributed by atoms with Crippen molar-refractivity contribution >= 4 is 5.97 Å². The molecule has 1 saturated heterocycles. The lowest BCUT2D eigenvalue weighted by atomic mass is 9.85. The molecule has 1 N–H and O–H groups in total. The van der Waals surface area contributed by atoms with Crippen LogP contribution in [0.3, 0.4) is 0 Å². The number of carbonyl (C=O) groups excluding carboxylic acids is 1. The molecule has 1 aromatic carbocycles. The van der Waals surface area contributed by atoms with Gasteiger partial charge < -0.3 is 10.1 Å². The number of rotatable bonds is 4. The maximum absolute atomic E-state index is 13.2. The Morgan fingerprint density at radius 3 is 2.67 bits per heavy atom. The number of benzene rings is 1. The van der Waals surface area contributed by atoms with Gasteiger partial charge in [0.05, 0.1) is 7.11 Å². The Morgan fingerprint density at radius 1 is 1.33 bits per heavy atom. The molecule has 116 valence electrons. The predicted octanol–water partition coefficient (Wildman–Crippen LogP) is 1.90. The summed E-state index contributed by atoms with van der Waals surface area (Å²) >= 11 is 0. The average molecular weight is 294 g/mol. The molecule has 0 aromatic heterocycles. The molecule has 0 aliphatic carbocycles. The van der Waals surface area contributed by atoms with E-state index in [0.29, 0.717) is 6.42 Å². The van der Waals surface area contributed by atoms with Crippen LogP contribution < -0.4 is 5.32 Å². The highest BCUT2D eigenvalue weighted by Gasteiger charge is 2.45. The molecule has 21 heavy (non-hydrogen) atoms. The molecule has 0 spiro atoms. The summed E-state index contributed by atoms with van der Waals surface area (Å²) < 4.78 is 18.3. The first-order valence-corrected chi connectivity index (χ1v) is 7.45. The monoisotopic (exact) mass is 294 g/mol. The number of halogens is 1. The van der Waals surface area contributed by atoms with E-state index >= 15 is 0 Å². The summed E-state index contributed by atoms with van der Waals surface area (Å²) in [6.45, 7) is 5.33. The van der Waals surface area contributed by atoms with Crippen molar-refractivity contribution in [3.63, 3.8) is 0 Å². The minimum Gasteiger partial charge on any atom is -0.467 e. The van der Waals surface area contributed by atoms with Gasteiger partial charge in [-0.2, -0.15) is 0 Å². The largest absolute Gasteiger partial charge is 0.467 e. The lowest BCUT2D eigenvalue weighted by Gasteiger charge is -2.41. The van der Waals surface area contributed by atoms with Gasteiger partial charge in [-0.3, -0.25) is 4.90 Å². The van der Waals surface area contributed by atoms with E-state index in [2.05, 4.69) is 10.2 Å². The van der Waals surface area contributed by atoms with Crippen molar-refractivity contribution in [1.82, 2.24) is 10.2 Å². The number of carbonyl (C=O) groups is 1. The van der Waals surface area contributed by atoms with Gasteiger partial charge in [0.15, 0.2) is 0 Å². The molecule has 1 aliphatic heterocycles. The molecule has 1 aromatic rings. The van der Waals surface area contributed by atoms with Crippen molar-refractivity contribution < 1.29 is 13.9 Å². The molecule has 1 atom stereocenters. The first kappa shape index (κ1) is 15.9. The summed E-state index contributed by atoms with van der Waals surface area (Å²) in [5.41, 5.74) is -0.0470. The first-order chi connectivity index (χ1) is 10.1. The zero-order valence-electron chi connectivity index (χ0n) is 12.7. The van der Waals surface area contributed by atoms with Gasteiger partial charge >= 0.3 is 5.97 Å². The van der Waals surface area contributed by atoms with Crippen molar-refractivity contribution in [1.29, 1.82) is 0 Å². The van der Waals surface area contributed by atoms with Crippen LogP contribution in [0.2, 0.25) is 0 Å². The van der Waals surface area contributed by atoms with E-state index < -0.39 is 5.54 Å². The fourth-order valence-corrected chi connectivity index (χ4v) is 3.12. The van der Waals surface area contributed by atoms with Crippen molar-refractivity contribution in [3.05, 3.63) is 35.6 Å². The number of esters is 1. The SMILES string of the molecule is CCC(C(=O)OC)(c1ccc(F)cc1)N1CCCNCC1. The summed E-state index contributed by atoms with van der Waals surface area (Å²) in [6.07, 6.45) is 1.56. The van der Waals surface area contributed by atoms with Crippen molar-refractivity contribution in [2.24, 2.45) is 0 Å². The maximum atomic E-state index is 13.2. The molecule has 0 saturated carbocycles. The van der Waals surface area contributed by atoms with E-state index in [0.717, 1.165) is 38.2 Å². The van der Waals surface area contributed by atoms with Gasteiger partial charge in [0, 0.05) is 19.6 Å². The fraction of sp³-hybridized carbons (Fsp3) is 0.562. The van der Waals surface area contributed by atoms with Gasteiger partial charge in [-0.25, -0.2) is 9.18 Å². The topological polar surface area (TPSA) is 41.6 Å². The summed E-state index contributed by atoms with van der Waals surface area (Å²) in [6, 6.07) is 6.18. The fourth-order valence-electron chi connectivity index (χ4n) is 3.12. The summed E-state index contributed by atoms with van der Waals surface area (Å²) in [7, 11) is 1.41. The highest BCUT2D eigenvalue weighted by atomic mass is 19.1. The number of hydrogen-bond acceptors (Lipinski definition) is 4.